The van der Waals surface area contributed by atoms with Crippen LogP contribution in [-0.4, -0.2) is 17.4 Å². The highest BCUT2D eigenvalue weighted by Crippen LogP contribution is 2.36. The molecule has 0 saturated carbocycles. The monoisotopic (exact) mass is 681 g/mol. The average molecular weight is 683 g/mol. The molecule has 0 aromatic heterocycles. The van der Waals surface area contributed by atoms with Crippen molar-refractivity contribution in [2.75, 3.05) is 11.9 Å². The molecule has 11 heteroatoms. The SMILES string of the molecule is CCOc1cc(C=C(C#N)C(=O)Nc2ccc([N+](=O)[O-])cc2Br)cc(I)c1OCc1ccccc1Cl. The van der Waals surface area contributed by atoms with E-state index in [-0.39, 0.29) is 17.9 Å². The summed E-state index contributed by atoms with van der Waals surface area (Å²) in [7, 11) is 0. The molecule has 0 fully saturated rings. The number of nitrogens with one attached hydrogen (secondary N) is 1. The summed E-state index contributed by atoms with van der Waals surface area (Å²) in [5, 5.41) is 23.7. The van der Waals surface area contributed by atoms with Crippen molar-refractivity contribution in [2.24, 2.45) is 0 Å². The first-order chi connectivity index (χ1) is 17.2. The van der Waals surface area contributed by atoms with E-state index in [1.807, 2.05) is 31.2 Å². The van der Waals surface area contributed by atoms with Gasteiger partial charge >= 0.3 is 0 Å². The van der Waals surface area contributed by atoms with Crippen LogP contribution in [0.2, 0.25) is 5.02 Å². The molecular formula is C25H18BrClIN3O5. The fourth-order valence-corrected chi connectivity index (χ4v) is 4.50. The molecule has 0 heterocycles. The number of nitro benzene ring substituents is 1. The molecule has 36 heavy (non-hydrogen) atoms. The van der Waals surface area contributed by atoms with Gasteiger partial charge in [0.25, 0.3) is 11.6 Å². The van der Waals surface area contributed by atoms with Crippen LogP contribution in [-0.2, 0) is 11.4 Å². The molecule has 184 valence electrons. The van der Waals surface area contributed by atoms with Gasteiger partial charge in [0.2, 0.25) is 0 Å². The molecule has 0 unspecified atom stereocenters. The summed E-state index contributed by atoms with van der Waals surface area (Å²) in [5.74, 6) is 0.310. The van der Waals surface area contributed by atoms with Crippen LogP contribution in [0, 0.1) is 25.0 Å². The Labute approximate surface area is 234 Å². The minimum Gasteiger partial charge on any atom is -0.490 e. The van der Waals surface area contributed by atoms with Crippen LogP contribution >= 0.6 is 50.1 Å². The Morgan fingerprint density at radius 2 is 2.00 bits per heavy atom. The van der Waals surface area contributed by atoms with E-state index in [4.69, 9.17) is 21.1 Å². The summed E-state index contributed by atoms with van der Waals surface area (Å²) >= 11 is 11.5. The average Bonchev–Trinajstić information content (AvgIpc) is 2.84. The first kappa shape index (κ1) is 27.4. The predicted octanol–water partition coefficient (Wildman–Crippen LogP) is 7.14. The molecule has 8 nitrogen and oxygen atoms in total. The highest BCUT2D eigenvalue weighted by Gasteiger charge is 2.17. The van der Waals surface area contributed by atoms with E-state index in [1.54, 1.807) is 18.2 Å². The highest BCUT2D eigenvalue weighted by molar-refractivity contribution is 14.1. The summed E-state index contributed by atoms with van der Waals surface area (Å²) in [6.45, 7) is 2.45. The van der Waals surface area contributed by atoms with Gasteiger partial charge in [-0.25, -0.2) is 0 Å². The zero-order valence-corrected chi connectivity index (χ0v) is 23.3. The van der Waals surface area contributed by atoms with Crippen LogP contribution in [0.15, 0.2) is 64.6 Å². The molecule has 1 N–H and O–H groups in total. The third-order valence-corrected chi connectivity index (χ3v) is 6.58. The zero-order chi connectivity index (χ0) is 26.2. The number of amides is 1. The second-order valence-corrected chi connectivity index (χ2v) is 9.61. The highest BCUT2D eigenvalue weighted by atomic mass is 127. The molecule has 0 atom stereocenters. The number of carbonyl (C=O) groups is 1. The number of nitriles is 1. The number of ether oxygens (including phenoxy) is 2. The fourth-order valence-electron chi connectivity index (χ4n) is 3.06. The standard InChI is InChI=1S/C25H18BrClIN3O5/c1-2-35-23-11-15(10-21(28)24(23)36-14-16-5-3-4-6-20(16)27)9-17(13-29)25(32)30-22-8-7-18(31(33)34)12-19(22)26/h3-12H,2,14H2,1H3,(H,30,32). The van der Waals surface area contributed by atoms with Crippen LogP contribution in [0.25, 0.3) is 6.08 Å². The number of nitro groups is 1. The first-order valence-corrected chi connectivity index (χ1v) is 12.7. The Kier molecular flexibility index (Phi) is 9.69. The lowest BCUT2D eigenvalue weighted by Crippen LogP contribution is -2.14. The van der Waals surface area contributed by atoms with Crippen molar-refractivity contribution >= 4 is 73.5 Å². The lowest BCUT2D eigenvalue weighted by molar-refractivity contribution is -0.384. The molecule has 3 aromatic carbocycles. The number of halogens is 3. The largest absolute Gasteiger partial charge is 0.490 e. The van der Waals surface area contributed by atoms with Crippen LogP contribution < -0.4 is 14.8 Å². The van der Waals surface area contributed by atoms with Gasteiger partial charge in [-0.2, -0.15) is 5.26 Å². The van der Waals surface area contributed by atoms with Gasteiger partial charge in [0.15, 0.2) is 11.5 Å². The van der Waals surface area contributed by atoms with Crippen molar-refractivity contribution in [2.45, 2.75) is 13.5 Å². The number of benzene rings is 3. The van der Waals surface area contributed by atoms with Gasteiger partial charge in [-0.1, -0.05) is 29.8 Å². The van der Waals surface area contributed by atoms with Crippen molar-refractivity contribution in [3.05, 3.63) is 94.5 Å². The maximum atomic E-state index is 12.7. The van der Waals surface area contributed by atoms with E-state index in [0.717, 1.165) is 5.56 Å². The third kappa shape index (κ3) is 6.96. The predicted molar refractivity (Wildman–Crippen MR) is 149 cm³/mol. The normalized spacial score (nSPS) is 10.9. The topological polar surface area (TPSA) is 114 Å². The summed E-state index contributed by atoms with van der Waals surface area (Å²) in [4.78, 5) is 23.1. The molecule has 0 saturated heterocycles. The van der Waals surface area contributed by atoms with Crippen molar-refractivity contribution in [1.82, 2.24) is 0 Å². The zero-order valence-electron chi connectivity index (χ0n) is 18.8. The number of nitrogens with zero attached hydrogens (tertiary/aromatic N) is 2. The number of rotatable bonds is 9. The number of carbonyl (C=O) groups excluding carboxylic acids is 1. The van der Waals surface area contributed by atoms with E-state index in [9.17, 15) is 20.2 Å². The summed E-state index contributed by atoms with van der Waals surface area (Å²) in [6, 6.07) is 16.6. The van der Waals surface area contributed by atoms with Crippen LogP contribution in [0.4, 0.5) is 11.4 Å². The van der Waals surface area contributed by atoms with Gasteiger partial charge in [-0.15, -0.1) is 0 Å². The molecule has 0 bridgehead atoms. The first-order valence-electron chi connectivity index (χ1n) is 10.4. The summed E-state index contributed by atoms with van der Waals surface area (Å²) in [6.07, 6.45) is 1.43. The lowest BCUT2D eigenvalue weighted by atomic mass is 10.1. The molecular weight excluding hydrogens is 665 g/mol. The Hall–Kier alpha value is -3.14. The number of hydrogen-bond acceptors (Lipinski definition) is 6. The Morgan fingerprint density at radius 3 is 2.64 bits per heavy atom. The van der Waals surface area contributed by atoms with Crippen molar-refractivity contribution in [1.29, 1.82) is 5.26 Å². The summed E-state index contributed by atoms with van der Waals surface area (Å²) in [5.41, 5.74) is 1.37. The van der Waals surface area contributed by atoms with Gasteiger partial charge in [-0.05, 0) is 81.3 Å². The molecule has 0 aliphatic heterocycles. The molecule has 1 amide bonds. The van der Waals surface area contributed by atoms with E-state index in [0.29, 0.717) is 42.4 Å². The lowest BCUT2D eigenvalue weighted by Gasteiger charge is -2.15. The van der Waals surface area contributed by atoms with E-state index < -0.39 is 10.8 Å². The minimum absolute atomic E-state index is 0.134. The minimum atomic E-state index is -0.668. The van der Waals surface area contributed by atoms with Gasteiger partial charge in [0, 0.05) is 27.2 Å². The van der Waals surface area contributed by atoms with Gasteiger partial charge in [0.05, 0.1) is 20.8 Å². The Balaban J connectivity index is 1.86. The molecule has 0 aliphatic rings. The molecule has 3 rings (SSSR count). The molecule has 0 radical (unpaired) electrons. The van der Waals surface area contributed by atoms with E-state index in [2.05, 4.69) is 43.8 Å². The second kappa shape index (κ2) is 12.7. The Morgan fingerprint density at radius 1 is 1.25 bits per heavy atom. The van der Waals surface area contributed by atoms with Crippen LogP contribution in [0.5, 0.6) is 11.5 Å². The molecule has 3 aromatic rings. The Bertz CT molecular complexity index is 1390. The maximum absolute atomic E-state index is 12.7. The van der Waals surface area contributed by atoms with E-state index >= 15 is 0 Å². The maximum Gasteiger partial charge on any atom is 0.270 e. The second-order valence-electron chi connectivity index (χ2n) is 7.19. The van der Waals surface area contributed by atoms with Gasteiger partial charge in [0.1, 0.15) is 18.2 Å². The van der Waals surface area contributed by atoms with Crippen molar-refractivity contribution in [3.63, 3.8) is 0 Å². The number of hydrogen-bond donors (Lipinski definition) is 1. The van der Waals surface area contributed by atoms with Crippen molar-refractivity contribution in [3.8, 4) is 17.6 Å². The quantitative estimate of drug-likeness (QED) is 0.0844. The summed E-state index contributed by atoms with van der Waals surface area (Å²) < 4.78 is 12.8. The van der Waals surface area contributed by atoms with E-state index in [1.165, 1.54) is 24.3 Å². The number of anilines is 1. The fraction of sp³-hybridized carbons (Fsp3) is 0.120. The van der Waals surface area contributed by atoms with Gasteiger partial charge < -0.3 is 14.8 Å². The van der Waals surface area contributed by atoms with Crippen LogP contribution in [0.1, 0.15) is 18.1 Å². The van der Waals surface area contributed by atoms with Crippen LogP contribution in [0.3, 0.4) is 0 Å². The third-order valence-electron chi connectivity index (χ3n) is 4.75. The molecule has 0 aliphatic carbocycles. The smallest absolute Gasteiger partial charge is 0.270 e. The van der Waals surface area contributed by atoms with Gasteiger partial charge in [-0.3, -0.25) is 14.9 Å². The molecule has 0 spiro atoms. The van der Waals surface area contributed by atoms with Crippen molar-refractivity contribution < 1.29 is 19.2 Å². The number of non-ortho nitro benzene ring substituents is 1.